The minimum Gasteiger partial charge on any atom is -0.371 e. The average molecular weight is 464 g/mol. The monoisotopic (exact) mass is 463 g/mol. The first-order chi connectivity index (χ1) is 15.1. The van der Waals surface area contributed by atoms with E-state index in [1.165, 1.54) is 27.8 Å². The molecule has 0 saturated carbocycles. The quantitative estimate of drug-likeness (QED) is 0.436. The van der Waals surface area contributed by atoms with Crippen molar-refractivity contribution in [1.29, 1.82) is 0 Å². The molecule has 166 valence electrons. The van der Waals surface area contributed by atoms with Crippen LogP contribution in [-0.4, -0.2) is 53.4 Å². The van der Waals surface area contributed by atoms with Crippen LogP contribution in [-0.2, 0) is 22.0 Å². The van der Waals surface area contributed by atoms with Crippen molar-refractivity contribution in [3.05, 3.63) is 65.3 Å². The Morgan fingerprint density at radius 1 is 1.10 bits per heavy atom. The number of hydrogen-bond acceptors (Lipinski definition) is 4. The number of halogens is 2. The number of likely N-dealkylation sites (tertiary alicyclic amines) is 1. The molecule has 7 heteroatoms. The summed E-state index contributed by atoms with van der Waals surface area (Å²) in [6, 6.07) is 14.2. The second-order valence-corrected chi connectivity index (χ2v) is 10.4. The predicted molar refractivity (Wildman–Crippen MR) is 124 cm³/mol. The Balaban J connectivity index is 1.36. The van der Waals surface area contributed by atoms with Crippen LogP contribution in [0.25, 0.3) is 10.1 Å². The number of piperidine rings is 1. The molecule has 3 aromatic rings. The fourth-order valence-electron chi connectivity index (χ4n) is 4.18. The lowest BCUT2D eigenvalue weighted by molar-refractivity contribution is -0.0711. The van der Waals surface area contributed by atoms with Gasteiger partial charge in [0.2, 0.25) is 0 Å². The van der Waals surface area contributed by atoms with Crippen LogP contribution in [0.15, 0.2) is 58.8 Å². The Morgan fingerprint density at radius 3 is 2.58 bits per heavy atom. The number of hydrogen-bond donors (Lipinski definition) is 0. The van der Waals surface area contributed by atoms with Gasteiger partial charge in [-0.3, -0.25) is 4.21 Å². The third-order valence-corrected chi connectivity index (χ3v) is 8.58. The van der Waals surface area contributed by atoms with E-state index >= 15 is 0 Å². The van der Waals surface area contributed by atoms with E-state index in [0.717, 1.165) is 26.1 Å². The molecule has 0 N–H and O–H groups in total. The van der Waals surface area contributed by atoms with Crippen LogP contribution in [0, 0.1) is 5.82 Å². The van der Waals surface area contributed by atoms with E-state index in [4.69, 9.17) is 4.74 Å². The molecule has 31 heavy (non-hydrogen) atoms. The van der Waals surface area contributed by atoms with E-state index < -0.39 is 23.1 Å². The lowest BCUT2D eigenvalue weighted by atomic mass is 9.92. The van der Waals surface area contributed by atoms with Gasteiger partial charge in [0.25, 0.3) is 0 Å². The smallest absolute Gasteiger partial charge is 0.123 e. The van der Waals surface area contributed by atoms with Crippen LogP contribution in [0.1, 0.15) is 18.4 Å². The zero-order valence-electron chi connectivity index (χ0n) is 17.4. The van der Waals surface area contributed by atoms with Gasteiger partial charge < -0.3 is 9.64 Å². The first kappa shape index (κ1) is 22.5. The molecule has 0 amide bonds. The van der Waals surface area contributed by atoms with Crippen molar-refractivity contribution in [3.63, 3.8) is 0 Å². The lowest BCUT2D eigenvalue weighted by Crippen LogP contribution is -2.50. The summed E-state index contributed by atoms with van der Waals surface area (Å²) >= 11 is 1.78. The van der Waals surface area contributed by atoms with Crippen molar-refractivity contribution in [1.82, 2.24) is 4.90 Å². The van der Waals surface area contributed by atoms with Crippen molar-refractivity contribution in [2.75, 3.05) is 38.7 Å². The molecule has 2 heterocycles. The Kier molecular flexibility index (Phi) is 7.48. The van der Waals surface area contributed by atoms with Gasteiger partial charge in [0, 0.05) is 29.2 Å². The molecular weight excluding hydrogens is 436 g/mol. The summed E-state index contributed by atoms with van der Waals surface area (Å²) in [6.45, 7) is 2.08. The molecule has 4 rings (SSSR count). The molecule has 0 spiro atoms. The van der Waals surface area contributed by atoms with Crippen molar-refractivity contribution in [2.45, 2.75) is 29.8 Å². The molecule has 1 fully saturated rings. The SMILES string of the molecule is O=S(CC1(OCCF)CCN(CCc2csc3ccccc23)CC1)c1ccc(F)cc1. The standard InChI is InChI=1S/C24H27F2NO2S2/c25-12-16-29-24(18-31(28)21-7-5-20(26)6-8-21)10-14-27(15-11-24)13-9-19-17-30-23-4-2-1-3-22(19)23/h1-8,17H,9-16,18H2. The molecule has 0 radical (unpaired) electrons. The highest BCUT2D eigenvalue weighted by Gasteiger charge is 2.37. The zero-order valence-corrected chi connectivity index (χ0v) is 19.0. The summed E-state index contributed by atoms with van der Waals surface area (Å²) in [5.74, 6) is -0.0439. The number of ether oxygens (including phenoxy) is 1. The number of nitrogens with zero attached hydrogens (tertiary/aromatic N) is 1. The molecule has 1 unspecified atom stereocenters. The van der Waals surface area contributed by atoms with Crippen LogP contribution in [0.2, 0.25) is 0 Å². The van der Waals surface area contributed by atoms with E-state index in [1.807, 2.05) is 0 Å². The summed E-state index contributed by atoms with van der Waals surface area (Å²) in [5.41, 5.74) is 0.778. The molecule has 0 bridgehead atoms. The van der Waals surface area contributed by atoms with E-state index in [9.17, 15) is 13.0 Å². The molecular formula is C24H27F2NO2S2. The Labute approximate surface area is 188 Å². The van der Waals surface area contributed by atoms with Crippen LogP contribution in [0.4, 0.5) is 8.78 Å². The number of alkyl halides is 1. The van der Waals surface area contributed by atoms with Gasteiger partial charge in [-0.25, -0.2) is 8.78 Å². The van der Waals surface area contributed by atoms with Crippen LogP contribution in [0.3, 0.4) is 0 Å². The minimum absolute atomic E-state index is 0.0154. The van der Waals surface area contributed by atoms with Gasteiger partial charge in [0.1, 0.15) is 12.5 Å². The van der Waals surface area contributed by atoms with Gasteiger partial charge >= 0.3 is 0 Å². The molecule has 3 nitrogen and oxygen atoms in total. The second-order valence-electron chi connectivity index (χ2n) is 8.01. The first-order valence-corrected chi connectivity index (χ1v) is 12.8. The van der Waals surface area contributed by atoms with E-state index in [2.05, 4.69) is 34.5 Å². The van der Waals surface area contributed by atoms with E-state index in [-0.39, 0.29) is 12.4 Å². The third-order valence-electron chi connectivity index (χ3n) is 5.98. The molecule has 1 aliphatic rings. The number of benzene rings is 2. The average Bonchev–Trinajstić information content (AvgIpc) is 3.21. The number of rotatable bonds is 9. The summed E-state index contributed by atoms with van der Waals surface area (Å²) in [4.78, 5) is 2.99. The predicted octanol–water partition coefficient (Wildman–Crippen LogP) is 5.21. The maximum Gasteiger partial charge on any atom is 0.123 e. The largest absolute Gasteiger partial charge is 0.371 e. The highest BCUT2D eigenvalue weighted by Crippen LogP contribution is 2.30. The molecule has 1 aromatic heterocycles. The molecule has 1 saturated heterocycles. The Bertz CT molecular complexity index is 1010. The van der Waals surface area contributed by atoms with Gasteiger partial charge in [0.05, 0.1) is 28.8 Å². The van der Waals surface area contributed by atoms with Gasteiger partial charge in [-0.15, -0.1) is 11.3 Å². The Hall–Kier alpha value is -1.67. The van der Waals surface area contributed by atoms with E-state index in [1.54, 1.807) is 23.5 Å². The normalized spacial score (nSPS) is 17.7. The van der Waals surface area contributed by atoms with Crippen molar-refractivity contribution in [2.24, 2.45) is 0 Å². The van der Waals surface area contributed by atoms with Crippen LogP contribution >= 0.6 is 11.3 Å². The van der Waals surface area contributed by atoms with Crippen LogP contribution in [0.5, 0.6) is 0 Å². The highest BCUT2D eigenvalue weighted by atomic mass is 32.2. The fourth-order valence-corrected chi connectivity index (χ4v) is 6.64. The van der Waals surface area contributed by atoms with Gasteiger partial charge in [-0.1, -0.05) is 18.2 Å². The number of fused-ring (bicyclic) bond motifs is 1. The highest BCUT2D eigenvalue weighted by molar-refractivity contribution is 7.85. The fraction of sp³-hybridized carbons (Fsp3) is 0.417. The van der Waals surface area contributed by atoms with Crippen LogP contribution < -0.4 is 0 Å². The van der Waals surface area contributed by atoms with E-state index in [0.29, 0.717) is 23.5 Å². The minimum atomic E-state index is -1.32. The topological polar surface area (TPSA) is 29.5 Å². The second kappa shape index (κ2) is 10.3. The van der Waals surface area contributed by atoms with Gasteiger partial charge in [-0.2, -0.15) is 0 Å². The summed E-state index contributed by atoms with van der Waals surface area (Å²) in [5, 5.41) is 3.58. The molecule has 2 aromatic carbocycles. The molecule has 0 aliphatic carbocycles. The van der Waals surface area contributed by atoms with Crippen molar-refractivity contribution < 1.29 is 17.7 Å². The summed E-state index contributed by atoms with van der Waals surface area (Å²) in [7, 11) is -1.32. The zero-order chi connectivity index (χ0) is 21.7. The lowest BCUT2D eigenvalue weighted by Gasteiger charge is -2.41. The Morgan fingerprint density at radius 2 is 1.84 bits per heavy atom. The van der Waals surface area contributed by atoms with Crippen molar-refractivity contribution >= 4 is 32.2 Å². The maximum absolute atomic E-state index is 13.2. The maximum atomic E-state index is 13.2. The summed E-state index contributed by atoms with van der Waals surface area (Å²) in [6.07, 6.45) is 2.42. The van der Waals surface area contributed by atoms with Gasteiger partial charge in [-0.05, 0) is 65.9 Å². The number of thiophene rings is 1. The third kappa shape index (κ3) is 5.58. The molecule has 1 aliphatic heterocycles. The summed E-state index contributed by atoms with van der Waals surface area (Å²) < 4.78 is 46.2. The molecule has 1 atom stereocenters. The first-order valence-electron chi connectivity index (χ1n) is 10.6. The van der Waals surface area contributed by atoms with Crippen molar-refractivity contribution in [3.8, 4) is 0 Å². The van der Waals surface area contributed by atoms with Gasteiger partial charge in [0.15, 0.2) is 0 Å².